The molecule has 1 aliphatic heterocycles. The second-order valence-corrected chi connectivity index (χ2v) is 7.62. The number of ether oxygens (including phenoxy) is 3. The van der Waals surface area contributed by atoms with Gasteiger partial charge in [-0.1, -0.05) is 91.0 Å². The molecule has 1 fully saturated rings. The Morgan fingerprint density at radius 3 is 1.65 bits per heavy atom. The fourth-order valence-electron chi connectivity index (χ4n) is 3.63. The number of epoxide rings is 1. The zero-order valence-electron chi connectivity index (χ0n) is 17.2. The smallest absolute Gasteiger partial charge is 0.162 e. The van der Waals surface area contributed by atoms with Gasteiger partial charge in [-0.3, -0.25) is 0 Å². The summed E-state index contributed by atoms with van der Waals surface area (Å²) in [5, 5.41) is 0. The lowest BCUT2D eigenvalue weighted by molar-refractivity contribution is 0.255. The van der Waals surface area contributed by atoms with E-state index < -0.39 is 0 Å². The number of hydrogen-bond donors (Lipinski definition) is 0. The van der Waals surface area contributed by atoms with E-state index in [9.17, 15) is 0 Å². The summed E-state index contributed by atoms with van der Waals surface area (Å²) in [6.45, 7) is 1.70. The van der Waals surface area contributed by atoms with Gasteiger partial charge in [-0.2, -0.15) is 0 Å². The summed E-state index contributed by atoms with van der Waals surface area (Å²) in [5.41, 5.74) is 5.65. The predicted octanol–water partition coefficient (Wildman–Crippen LogP) is 6.58. The summed E-state index contributed by atoms with van der Waals surface area (Å²) in [6, 6.07) is 34.9. The Kier molecular flexibility index (Phi) is 5.68. The van der Waals surface area contributed by atoms with Crippen LogP contribution in [0.15, 0.2) is 103 Å². The molecule has 0 aliphatic carbocycles. The number of rotatable bonds is 8. The summed E-state index contributed by atoms with van der Waals surface area (Å²) < 4.78 is 18.2. The van der Waals surface area contributed by atoms with Crippen LogP contribution in [0.2, 0.25) is 0 Å². The van der Waals surface area contributed by atoms with Gasteiger partial charge in [-0.05, 0) is 39.9 Å². The molecule has 3 heteroatoms. The Bertz CT molecular complexity index is 1120. The van der Waals surface area contributed by atoms with Crippen LogP contribution in [-0.2, 0) is 18.0 Å². The average molecular weight is 408 g/mol. The van der Waals surface area contributed by atoms with E-state index in [0.29, 0.717) is 13.2 Å². The van der Waals surface area contributed by atoms with Crippen molar-refractivity contribution in [1.29, 1.82) is 0 Å². The molecule has 1 atom stereocenters. The van der Waals surface area contributed by atoms with E-state index in [-0.39, 0.29) is 6.10 Å². The molecule has 5 rings (SSSR count). The Hall–Kier alpha value is -3.56. The third-order valence-electron chi connectivity index (χ3n) is 5.36. The van der Waals surface area contributed by atoms with E-state index in [2.05, 4.69) is 60.7 Å². The maximum absolute atomic E-state index is 6.26. The summed E-state index contributed by atoms with van der Waals surface area (Å²) in [6.07, 6.45) is 0.109. The highest BCUT2D eigenvalue weighted by Crippen LogP contribution is 2.43. The van der Waals surface area contributed by atoms with E-state index in [1.54, 1.807) is 0 Å². The first kappa shape index (κ1) is 19.4. The fraction of sp³-hybridized carbons (Fsp3) is 0.143. The van der Waals surface area contributed by atoms with Crippen molar-refractivity contribution in [3.63, 3.8) is 0 Å². The molecule has 0 N–H and O–H groups in total. The van der Waals surface area contributed by atoms with Crippen molar-refractivity contribution in [2.75, 3.05) is 6.61 Å². The highest BCUT2D eigenvalue weighted by atomic mass is 16.6. The second-order valence-electron chi connectivity index (χ2n) is 7.62. The minimum absolute atomic E-state index is 0.109. The van der Waals surface area contributed by atoms with Crippen molar-refractivity contribution in [2.45, 2.75) is 19.3 Å². The van der Waals surface area contributed by atoms with E-state index in [1.807, 2.05) is 42.5 Å². The van der Waals surface area contributed by atoms with Gasteiger partial charge in [0.25, 0.3) is 0 Å². The van der Waals surface area contributed by atoms with E-state index in [4.69, 9.17) is 14.2 Å². The first-order valence-corrected chi connectivity index (χ1v) is 10.6. The van der Waals surface area contributed by atoms with Crippen LogP contribution in [0.5, 0.6) is 11.5 Å². The largest absolute Gasteiger partial charge is 0.485 e. The average Bonchev–Trinajstić information content (AvgIpc) is 3.69. The van der Waals surface area contributed by atoms with Gasteiger partial charge in [0.1, 0.15) is 19.3 Å². The SMILES string of the molecule is c1ccc(COc2cc(-c3ccccc3)c(C3CO3)cc2OCc2ccccc2)cc1. The lowest BCUT2D eigenvalue weighted by Crippen LogP contribution is -2.02. The van der Waals surface area contributed by atoms with Gasteiger partial charge in [-0.15, -0.1) is 0 Å². The lowest BCUT2D eigenvalue weighted by Gasteiger charge is -2.17. The summed E-state index contributed by atoms with van der Waals surface area (Å²) >= 11 is 0. The van der Waals surface area contributed by atoms with Crippen molar-refractivity contribution in [3.8, 4) is 22.6 Å². The highest BCUT2D eigenvalue weighted by molar-refractivity contribution is 5.72. The van der Waals surface area contributed by atoms with E-state index in [0.717, 1.165) is 45.9 Å². The van der Waals surface area contributed by atoms with Gasteiger partial charge < -0.3 is 14.2 Å². The third kappa shape index (κ3) is 4.79. The van der Waals surface area contributed by atoms with Crippen LogP contribution < -0.4 is 9.47 Å². The zero-order chi connectivity index (χ0) is 20.9. The summed E-state index contributed by atoms with van der Waals surface area (Å²) in [7, 11) is 0. The standard InChI is InChI=1S/C28H24O3/c1-4-10-21(11-5-1)18-29-26-16-24(23-14-8-3-9-15-23)25(28-20-31-28)17-27(26)30-19-22-12-6-2-7-13-22/h1-17,28H,18-20H2. The number of benzene rings is 4. The van der Waals surface area contributed by atoms with Crippen LogP contribution >= 0.6 is 0 Å². The van der Waals surface area contributed by atoms with Gasteiger partial charge in [0.2, 0.25) is 0 Å². The van der Waals surface area contributed by atoms with Gasteiger partial charge in [0.05, 0.1) is 6.61 Å². The van der Waals surface area contributed by atoms with Crippen molar-refractivity contribution >= 4 is 0 Å². The molecule has 1 heterocycles. The molecule has 31 heavy (non-hydrogen) atoms. The molecule has 4 aromatic rings. The van der Waals surface area contributed by atoms with Gasteiger partial charge in [-0.25, -0.2) is 0 Å². The van der Waals surface area contributed by atoms with E-state index >= 15 is 0 Å². The van der Waals surface area contributed by atoms with Gasteiger partial charge >= 0.3 is 0 Å². The molecule has 1 aliphatic rings. The maximum atomic E-state index is 6.26. The van der Waals surface area contributed by atoms with Gasteiger partial charge in [0.15, 0.2) is 11.5 Å². The molecule has 1 unspecified atom stereocenters. The van der Waals surface area contributed by atoms with Crippen molar-refractivity contribution in [2.24, 2.45) is 0 Å². The molecular formula is C28H24O3. The molecule has 0 aromatic heterocycles. The molecule has 3 nitrogen and oxygen atoms in total. The van der Waals surface area contributed by atoms with Crippen LogP contribution in [0.1, 0.15) is 22.8 Å². The molecule has 0 spiro atoms. The third-order valence-corrected chi connectivity index (χ3v) is 5.36. The van der Waals surface area contributed by atoms with Crippen LogP contribution in [0.3, 0.4) is 0 Å². The molecular weight excluding hydrogens is 384 g/mol. The van der Waals surface area contributed by atoms with Gasteiger partial charge in [0, 0.05) is 0 Å². The molecule has 1 saturated heterocycles. The second kappa shape index (κ2) is 9.07. The highest BCUT2D eigenvalue weighted by Gasteiger charge is 2.29. The topological polar surface area (TPSA) is 31.0 Å². The van der Waals surface area contributed by atoms with Crippen LogP contribution in [0.25, 0.3) is 11.1 Å². The Labute approximate surface area is 182 Å². The zero-order valence-corrected chi connectivity index (χ0v) is 17.2. The Morgan fingerprint density at radius 1 is 0.645 bits per heavy atom. The minimum atomic E-state index is 0.109. The van der Waals surface area contributed by atoms with E-state index in [1.165, 1.54) is 0 Å². The molecule has 0 saturated carbocycles. The lowest BCUT2D eigenvalue weighted by atomic mass is 9.97. The molecule has 154 valence electrons. The van der Waals surface area contributed by atoms with Crippen molar-refractivity contribution in [3.05, 3.63) is 120 Å². The first-order valence-electron chi connectivity index (χ1n) is 10.6. The Balaban J connectivity index is 1.50. The fourth-order valence-corrected chi connectivity index (χ4v) is 3.63. The van der Waals surface area contributed by atoms with Crippen LogP contribution in [0.4, 0.5) is 0 Å². The Morgan fingerprint density at radius 2 is 1.13 bits per heavy atom. The first-order chi connectivity index (χ1) is 15.4. The number of hydrogen-bond acceptors (Lipinski definition) is 3. The predicted molar refractivity (Wildman–Crippen MR) is 122 cm³/mol. The normalized spacial score (nSPS) is 14.8. The molecule has 0 bridgehead atoms. The summed E-state index contributed by atoms with van der Waals surface area (Å²) in [5.74, 6) is 1.48. The minimum Gasteiger partial charge on any atom is -0.485 e. The summed E-state index contributed by atoms with van der Waals surface area (Å²) in [4.78, 5) is 0. The molecule has 0 amide bonds. The molecule has 0 radical (unpaired) electrons. The van der Waals surface area contributed by atoms with Crippen LogP contribution in [0, 0.1) is 0 Å². The monoisotopic (exact) mass is 408 g/mol. The van der Waals surface area contributed by atoms with Crippen molar-refractivity contribution < 1.29 is 14.2 Å². The quantitative estimate of drug-likeness (QED) is 0.308. The van der Waals surface area contributed by atoms with Crippen LogP contribution in [-0.4, -0.2) is 6.61 Å². The molecule has 4 aromatic carbocycles. The maximum Gasteiger partial charge on any atom is 0.162 e. The van der Waals surface area contributed by atoms with Crippen molar-refractivity contribution in [1.82, 2.24) is 0 Å².